The van der Waals surface area contributed by atoms with Crippen LogP contribution in [0.15, 0.2) is 27.0 Å². The summed E-state index contributed by atoms with van der Waals surface area (Å²) in [6, 6.07) is 4.74. The van der Waals surface area contributed by atoms with Crippen molar-refractivity contribution in [1.82, 2.24) is 10.2 Å². The van der Waals surface area contributed by atoms with Crippen LogP contribution in [0.1, 0.15) is 6.92 Å². The number of anilines is 3. The number of hydrogen-bond donors (Lipinski definition) is 3. The molecule has 1 aromatic heterocycles. The minimum Gasteiger partial charge on any atom is -0.397 e. The molecule has 0 aliphatic heterocycles. The van der Waals surface area contributed by atoms with Crippen LogP contribution in [0.4, 0.5) is 16.5 Å². The summed E-state index contributed by atoms with van der Waals surface area (Å²) in [7, 11) is -3.92. The molecule has 0 aliphatic rings. The summed E-state index contributed by atoms with van der Waals surface area (Å²) in [4.78, 5) is 10.9. The van der Waals surface area contributed by atoms with Crippen molar-refractivity contribution in [1.29, 1.82) is 0 Å². The highest BCUT2D eigenvalue weighted by Gasteiger charge is 2.21. The maximum Gasteiger partial charge on any atom is 0.291 e. The number of nitrogens with two attached hydrogens (primary N) is 1. The van der Waals surface area contributed by atoms with E-state index in [1.54, 1.807) is 12.1 Å². The second-order valence-electron chi connectivity index (χ2n) is 3.89. The molecule has 0 radical (unpaired) electrons. The molecule has 0 atom stereocenters. The molecule has 2 rings (SSSR count). The van der Waals surface area contributed by atoms with Crippen LogP contribution in [0.5, 0.6) is 0 Å². The van der Waals surface area contributed by atoms with Gasteiger partial charge in [-0.2, -0.15) is 8.42 Å². The van der Waals surface area contributed by atoms with E-state index in [4.69, 9.17) is 5.73 Å². The number of amides is 1. The van der Waals surface area contributed by atoms with Gasteiger partial charge in [0.15, 0.2) is 0 Å². The number of nitrogens with one attached hydrogen (secondary N) is 2. The van der Waals surface area contributed by atoms with Gasteiger partial charge >= 0.3 is 0 Å². The van der Waals surface area contributed by atoms with Crippen LogP contribution in [0.3, 0.4) is 0 Å². The van der Waals surface area contributed by atoms with Crippen LogP contribution in [-0.2, 0) is 14.8 Å². The predicted octanol–water partition coefficient (Wildman–Crippen LogP) is 1.64. The van der Waals surface area contributed by atoms with Crippen LogP contribution in [-0.4, -0.2) is 24.5 Å². The van der Waals surface area contributed by atoms with Gasteiger partial charge in [0.05, 0.1) is 11.4 Å². The number of carbonyl (C=O) groups is 1. The minimum atomic E-state index is -3.92. The lowest BCUT2D eigenvalue weighted by Crippen LogP contribution is -2.14. The number of sulfonamides is 1. The molecule has 1 aromatic carbocycles. The first kappa shape index (κ1) is 15.7. The molecule has 1 amide bonds. The Labute approximate surface area is 132 Å². The van der Waals surface area contributed by atoms with Crippen molar-refractivity contribution < 1.29 is 13.2 Å². The Balaban J connectivity index is 2.25. The molecule has 112 valence electrons. The van der Waals surface area contributed by atoms with Gasteiger partial charge in [-0.3, -0.25) is 9.52 Å². The van der Waals surface area contributed by atoms with E-state index in [0.29, 0.717) is 0 Å². The van der Waals surface area contributed by atoms with Crippen LogP contribution in [0, 0.1) is 0 Å². The van der Waals surface area contributed by atoms with Gasteiger partial charge in [0.25, 0.3) is 14.4 Å². The first-order chi connectivity index (χ1) is 9.78. The highest BCUT2D eigenvalue weighted by molar-refractivity contribution is 9.10. The molecule has 21 heavy (non-hydrogen) atoms. The van der Waals surface area contributed by atoms with Crippen LogP contribution in [0.2, 0.25) is 0 Å². The summed E-state index contributed by atoms with van der Waals surface area (Å²) >= 11 is 3.97. The first-order valence-corrected chi connectivity index (χ1v) is 8.56. The molecular weight excluding hydrogens is 382 g/mol. The molecule has 0 saturated carbocycles. The third kappa shape index (κ3) is 3.89. The fourth-order valence-corrected chi connectivity index (χ4v) is 3.75. The molecule has 2 aromatic rings. The molecular formula is C10H10BrN5O3S2. The summed E-state index contributed by atoms with van der Waals surface area (Å²) in [5.41, 5.74) is 6.23. The maximum atomic E-state index is 12.2. The quantitative estimate of drug-likeness (QED) is 0.536. The Hall–Kier alpha value is -1.72. The summed E-state index contributed by atoms with van der Waals surface area (Å²) in [6.45, 7) is 1.29. The first-order valence-electron chi connectivity index (χ1n) is 5.47. The second kappa shape index (κ2) is 5.95. The van der Waals surface area contributed by atoms with E-state index in [1.807, 2.05) is 0 Å². The van der Waals surface area contributed by atoms with Gasteiger partial charge in [0.2, 0.25) is 11.0 Å². The van der Waals surface area contributed by atoms with Gasteiger partial charge in [-0.05, 0) is 18.2 Å². The van der Waals surface area contributed by atoms with Crippen molar-refractivity contribution in [2.24, 2.45) is 0 Å². The Morgan fingerprint density at radius 1 is 1.38 bits per heavy atom. The van der Waals surface area contributed by atoms with Gasteiger partial charge < -0.3 is 11.1 Å². The minimum absolute atomic E-state index is 0.103. The number of halogens is 1. The van der Waals surface area contributed by atoms with E-state index < -0.39 is 10.0 Å². The van der Waals surface area contributed by atoms with E-state index in [1.165, 1.54) is 13.0 Å². The van der Waals surface area contributed by atoms with Crippen LogP contribution in [0.25, 0.3) is 0 Å². The third-order valence-electron chi connectivity index (χ3n) is 2.18. The van der Waals surface area contributed by atoms with Gasteiger partial charge in [0.1, 0.15) is 0 Å². The average molecular weight is 392 g/mol. The highest BCUT2D eigenvalue weighted by Crippen LogP contribution is 2.27. The summed E-state index contributed by atoms with van der Waals surface area (Å²) in [6.07, 6.45) is 0. The van der Waals surface area contributed by atoms with E-state index >= 15 is 0 Å². The molecule has 0 bridgehead atoms. The standard InChI is InChI=1S/C10H10BrN5O3S2/c1-5(17)13-9-14-15-10(20-9)21(18,19)16-8-3-2-6(11)4-7(8)12/h2-4,16H,12H2,1H3,(H,13,14,17). The number of rotatable bonds is 4. The van der Waals surface area contributed by atoms with Crippen molar-refractivity contribution in [3.05, 3.63) is 22.7 Å². The zero-order valence-corrected chi connectivity index (χ0v) is 13.8. The zero-order valence-electron chi connectivity index (χ0n) is 10.6. The number of nitrogen functional groups attached to an aromatic ring is 1. The molecule has 0 unspecified atom stereocenters. The summed E-state index contributed by atoms with van der Waals surface area (Å²) in [5, 5.41) is 9.58. The number of aromatic nitrogens is 2. The number of carbonyl (C=O) groups excluding carboxylic acids is 1. The zero-order chi connectivity index (χ0) is 15.6. The van der Waals surface area contributed by atoms with Gasteiger partial charge in [0, 0.05) is 11.4 Å². The van der Waals surface area contributed by atoms with E-state index in [2.05, 4.69) is 36.2 Å². The lowest BCUT2D eigenvalue weighted by molar-refractivity contribution is -0.114. The SMILES string of the molecule is CC(=O)Nc1nnc(S(=O)(=O)Nc2ccc(Br)cc2N)s1. The normalized spacial score (nSPS) is 11.1. The fourth-order valence-electron chi connectivity index (χ4n) is 1.33. The van der Waals surface area contributed by atoms with Crippen molar-refractivity contribution in [2.45, 2.75) is 11.3 Å². The van der Waals surface area contributed by atoms with Crippen molar-refractivity contribution in [3.8, 4) is 0 Å². The van der Waals surface area contributed by atoms with Gasteiger partial charge in [-0.25, -0.2) is 0 Å². The monoisotopic (exact) mass is 391 g/mol. The van der Waals surface area contributed by atoms with E-state index in [0.717, 1.165) is 15.8 Å². The number of nitrogens with zero attached hydrogens (tertiary/aromatic N) is 2. The number of benzene rings is 1. The highest BCUT2D eigenvalue weighted by atomic mass is 79.9. The summed E-state index contributed by atoms with van der Waals surface area (Å²) < 4.78 is 27.1. The third-order valence-corrected chi connectivity index (χ3v) is 5.24. The van der Waals surface area contributed by atoms with Gasteiger partial charge in [-0.15, -0.1) is 10.2 Å². The second-order valence-corrected chi connectivity index (χ2v) is 7.64. The van der Waals surface area contributed by atoms with Crippen molar-refractivity contribution >= 4 is 59.7 Å². The largest absolute Gasteiger partial charge is 0.397 e. The van der Waals surface area contributed by atoms with Crippen LogP contribution >= 0.6 is 27.3 Å². The smallest absolute Gasteiger partial charge is 0.291 e. The van der Waals surface area contributed by atoms with Gasteiger partial charge in [-0.1, -0.05) is 27.3 Å². The fraction of sp³-hybridized carbons (Fsp3) is 0.100. The molecule has 4 N–H and O–H groups in total. The maximum absolute atomic E-state index is 12.2. The average Bonchev–Trinajstić information content (AvgIpc) is 2.81. The Morgan fingerprint density at radius 2 is 2.10 bits per heavy atom. The molecule has 0 aliphatic carbocycles. The van der Waals surface area contributed by atoms with Crippen LogP contribution < -0.4 is 15.8 Å². The van der Waals surface area contributed by atoms with E-state index in [9.17, 15) is 13.2 Å². The Kier molecular flexibility index (Phi) is 4.44. The van der Waals surface area contributed by atoms with Crippen molar-refractivity contribution in [2.75, 3.05) is 15.8 Å². The molecule has 8 nitrogen and oxygen atoms in total. The number of hydrogen-bond acceptors (Lipinski definition) is 7. The van der Waals surface area contributed by atoms with E-state index in [-0.39, 0.29) is 26.8 Å². The molecule has 0 fully saturated rings. The lowest BCUT2D eigenvalue weighted by atomic mass is 10.3. The molecule has 0 spiro atoms. The molecule has 1 heterocycles. The molecule has 0 saturated heterocycles. The Morgan fingerprint density at radius 3 is 2.71 bits per heavy atom. The van der Waals surface area contributed by atoms with Crippen molar-refractivity contribution in [3.63, 3.8) is 0 Å². The Bertz CT molecular complexity index is 790. The lowest BCUT2D eigenvalue weighted by Gasteiger charge is -2.08. The molecule has 11 heteroatoms. The topological polar surface area (TPSA) is 127 Å². The summed E-state index contributed by atoms with van der Waals surface area (Å²) in [5.74, 6) is -0.361. The predicted molar refractivity (Wildman–Crippen MR) is 83.6 cm³/mol.